The van der Waals surface area contributed by atoms with E-state index >= 15 is 0 Å². The van der Waals surface area contributed by atoms with Crippen molar-refractivity contribution in [2.75, 3.05) is 0 Å². The number of nitrogens with zero attached hydrogens (tertiary/aromatic N) is 2. The van der Waals surface area contributed by atoms with Crippen molar-refractivity contribution in [3.05, 3.63) is 11.6 Å². The molecule has 1 N–H and O–H groups in total. The maximum Gasteiger partial charge on any atom is 0.0288 e. The van der Waals surface area contributed by atoms with Crippen LogP contribution in [-0.2, 0) is 0 Å². The summed E-state index contributed by atoms with van der Waals surface area (Å²) in [7, 11) is 0. The molecule has 0 amide bonds. The highest BCUT2D eigenvalue weighted by Crippen LogP contribution is 2.11. The Hall–Kier alpha value is -0.640. The van der Waals surface area contributed by atoms with E-state index in [0.29, 0.717) is 0 Å². The molecule has 0 aliphatic carbocycles. The highest BCUT2D eigenvalue weighted by Gasteiger charge is 1.97. The molecule has 0 saturated carbocycles. The van der Waals surface area contributed by atoms with Gasteiger partial charge in [0, 0.05) is 30.3 Å². The van der Waals surface area contributed by atoms with Crippen molar-refractivity contribution < 1.29 is 0 Å². The Balaban J connectivity index is 2.35. The molecule has 0 atom stereocenters. The fourth-order valence-electron chi connectivity index (χ4n) is 0.287. The number of hydrazine groups is 1. The Morgan fingerprint density at radius 3 is 3.00 bits per heavy atom. The molecule has 0 aromatic rings. The van der Waals surface area contributed by atoms with Gasteiger partial charge in [-0.25, -0.2) is 0 Å². The van der Waals surface area contributed by atoms with Crippen molar-refractivity contribution in [2.45, 2.75) is 0 Å². The third-order valence-electron chi connectivity index (χ3n) is 0.542. The van der Waals surface area contributed by atoms with Crippen molar-refractivity contribution >= 4 is 18.7 Å². The highest BCUT2D eigenvalue weighted by atomic mass is 32.2. The van der Waals surface area contributed by atoms with E-state index in [2.05, 4.69) is 17.2 Å². The Morgan fingerprint density at radius 1 is 1.86 bits per heavy atom. The van der Waals surface area contributed by atoms with Crippen molar-refractivity contribution in [1.29, 1.82) is 0 Å². The lowest BCUT2D eigenvalue weighted by atomic mass is 11.1. The summed E-state index contributed by atoms with van der Waals surface area (Å²) in [5.41, 5.74) is 2.79. The van der Waals surface area contributed by atoms with Crippen molar-refractivity contribution in [1.82, 2.24) is 9.95 Å². The summed E-state index contributed by atoms with van der Waals surface area (Å²) in [5.74, 6) is 0. The first-order valence-corrected chi connectivity index (χ1v) is 2.62. The fraction of sp³-hybridized carbons (Fsp3) is 0. The molecule has 0 aromatic heterocycles. The minimum Gasteiger partial charge on any atom is -0.279 e. The van der Waals surface area contributed by atoms with Gasteiger partial charge in [-0.05, 0) is 0 Å². The number of hydrogen-bond acceptors (Lipinski definition) is 4. The minimum atomic E-state index is 1.45. The molecule has 0 unspecified atom stereocenters. The predicted molar refractivity (Wildman–Crippen MR) is 31.3 cm³/mol. The molecule has 1 aliphatic rings. The van der Waals surface area contributed by atoms with Crippen LogP contribution in [0.3, 0.4) is 0 Å². The molecule has 0 aromatic carbocycles. The molecule has 1 aliphatic heterocycles. The minimum absolute atomic E-state index is 1.45. The molecule has 38 valence electrons. The van der Waals surface area contributed by atoms with Crippen LogP contribution in [0.25, 0.3) is 0 Å². The van der Waals surface area contributed by atoms with Crippen LogP contribution in [0.4, 0.5) is 0 Å². The van der Waals surface area contributed by atoms with Gasteiger partial charge in [0.05, 0.1) is 0 Å². The van der Waals surface area contributed by atoms with Gasteiger partial charge in [0.15, 0.2) is 0 Å². The standard InChI is InChI=1S/C3H5N3S/c1-4-6-5-2-3-7-6/h2-3,5H,1H2. The first-order valence-electron chi connectivity index (χ1n) is 1.78. The van der Waals surface area contributed by atoms with Crippen molar-refractivity contribution in [3.63, 3.8) is 0 Å². The molecular weight excluding hydrogens is 110 g/mol. The summed E-state index contributed by atoms with van der Waals surface area (Å²) in [6.07, 6.45) is 1.79. The zero-order valence-corrected chi connectivity index (χ0v) is 4.48. The molecule has 0 saturated heterocycles. The molecule has 0 spiro atoms. The van der Waals surface area contributed by atoms with Gasteiger partial charge in [0.2, 0.25) is 0 Å². The summed E-state index contributed by atoms with van der Waals surface area (Å²) in [6, 6.07) is 0. The van der Waals surface area contributed by atoms with E-state index in [1.807, 2.05) is 5.41 Å². The maximum atomic E-state index is 3.56. The fourth-order valence-corrected chi connectivity index (χ4v) is 0.712. The molecule has 1 heterocycles. The quantitative estimate of drug-likeness (QED) is 0.399. The number of hydrazone groups is 1. The van der Waals surface area contributed by atoms with Crippen LogP contribution in [-0.4, -0.2) is 11.2 Å². The van der Waals surface area contributed by atoms with E-state index in [1.54, 1.807) is 10.7 Å². The van der Waals surface area contributed by atoms with Gasteiger partial charge in [0.1, 0.15) is 0 Å². The van der Waals surface area contributed by atoms with Gasteiger partial charge in [-0.15, -0.1) is 4.52 Å². The van der Waals surface area contributed by atoms with Crippen LogP contribution in [0.1, 0.15) is 0 Å². The summed E-state index contributed by atoms with van der Waals surface area (Å²) >= 11 is 1.45. The second-order valence-corrected chi connectivity index (χ2v) is 1.78. The Kier molecular flexibility index (Phi) is 1.21. The SMILES string of the molecule is C=NN1NC=CS1. The normalized spacial score (nSPS) is 16.9. The van der Waals surface area contributed by atoms with Gasteiger partial charge < -0.3 is 0 Å². The molecule has 0 fully saturated rings. The predicted octanol–water partition coefficient (Wildman–Crippen LogP) is 0.542. The average molecular weight is 115 g/mol. The lowest BCUT2D eigenvalue weighted by Gasteiger charge is -2.05. The molecule has 4 heteroatoms. The molecule has 0 radical (unpaired) electrons. The van der Waals surface area contributed by atoms with Crippen molar-refractivity contribution in [3.8, 4) is 0 Å². The molecular formula is C3H5N3S. The largest absolute Gasteiger partial charge is 0.279 e. The maximum absolute atomic E-state index is 3.56. The van der Waals surface area contributed by atoms with Crippen LogP contribution >= 0.6 is 11.9 Å². The first-order chi connectivity index (χ1) is 3.43. The van der Waals surface area contributed by atoms with Crippen LogP contribution in [0.15, 0.2) is 16.7 Å². The van der Waals surface area contributed by atoms with E-state index in [1.165, 1.54) is 11.9 Å². The second kappa shape index (κ2) is 1.88. The smallest absolute Gasteiger partial charge is 0.0288 e. The molecule has 1 rings (SSSR count). The zero-order chi connectivity index (χ0) is 5.11. The Labute approximate surface area is 46.2 Å². The summed E-state index contributed by atoms with van der Waals surface area (Å²) in [5, 5.41) is 5.44. The first kappa shape index (κ1) is 4.52. The number of hydrogen-bond donors (Lipinski definition) is 1. The van der Waals surface area contributed by atoms with Crippen LogP contribution in [0.5, 0.6) is 0 Å². The van der Waals surface area contributed by atoms with E-state index in [9.17, 15) is 0 Å². The summed E-state index contributed by atoms with van der Waals surface area (Å²) in [4.78, 5) is 0. The van der Waals surface area contributed by atoms with E-state index in [-0.39, 0.29) is 0 Å². The van der Waals surface area contributed by atoms with E-state index in [0.717, 1.165) is 0 Å². The molecule has 3 nitrogen and oxygen atoms in total. The van der Waals surface area contributed by atoms with Crippen LogP contribution in [0.2, 0.25) is 0 Å². The monoisotopic (exact) mass is 115 g/mol. The molecule has 0 bridgehead atoms. The zero-order valence-electron chi connectivity index (χ0n) is 3.66. The average Bonchev–Trinajstić information content (AvgIpc) is 2.14. The third kappa shape index (κ3) is 0.866. The van der Waals surface area contributed by atoms with Gasteiger partial charge in [0.25, 0.3) is 0 Å². The number of nitrogens with one attached hydrogen (secondary N) is 1. The van der Waals surface area contributed by atoms with E-state index < -0.39 is 0 Å². The van der Waals surface area contributed by atoms with Crippen LogP contribution in [0, 0.1) is 0 Å². The van der Waals surface area contributed by atoms with Crippen LogP contribution < -0.4 is 5.43 Å². The summed E-state index contributed by atoms with van der Waals surface area (Å²) < 4.78 is 1.56. The summed E-state index contributed by atoms with van der Waals surface area (Å²) in [6.45, 7) is 3.30. The van der Waals surface area contributed by atoms with Gasteiger partial charge in [-0.3, -0.25) is 5.43 Å². The van der Waals surface area contributed by atoms with Crippen molar-refractivity contribution in [2.24, 2.45) is 5.10 Å². The van der Waals surface area contributed by atoms with Gasteiger partial charge in [-0.2, -0.15) is 5.10 Å². The number of rotatable bonds is 1. The topological polar surface area (TPSA) is 27.6 Å². The lowest BCUT2D eigenvalue weighted by Crippen LogP contribution is -2.15. The third-order valence-corrected chi connectivity index (χ3v) is 1.22. The molecule has 7 heavy (non-hydrogen) atoms. The van der Waals surface area contributed by atoms with Gasteiger partial charge >= 0.3 is 0 Å². The second-order valence-electron chi connectivity index (χ2n) is 0.952. The Morgan fingerprint density at radius 2 is 2.71 bits per heavy atom. The highest BCUT2D eigenvalue weighted by molar-refractivity contribution is 8.00. The van der Waals surface area contributed by atoms with Gasteiger partial charge in [-0.1, -0.05) is 0 Å². The Bertz CT molecular complexity index is 92.4. The van der Waals surface area contributed by atoms with E-state index in [4.69, 9.17) is 0 Å². The lowest BCUT2D eigenvalue weighted by molar-refractivity contribution is 0.449.